The van der Waals surface area contributed by atoms with Gasteiger partial charge in [0.1, 0.15) is 19.3 Å². The minimum atomic E-state index is -4.94. The third-order valence-electron chi connectivity index (χ3n) is 15.9. The number of aliphatic hydroxyl groups excluding tert-OH is 1. The first-order valence-corrected chi connectivity index (χ1v) is 38.8. The first-order chi connectivity index (χ1) is 42.2. The summed E-state index contributed by atoms with van der Waals surface area (Å²) in [5.41, 5.74) is 0. The van der Waals surface area contributed by atoms with Gasteiger partial charge in [-0.2, -0.15) is 0 Å². The van der Waals surface area contributed by atoms with Crippen LogP contribution in [0.4, 0.5) is 0 Å². The zero-order valence-corrected chi connectivity index (χ0v) is 57.8. The number of phosphoric acid groups is 2. The smallest absolute Gasteiger partial charge is 0.462 e. The Hall–Kier alpha value is -1.94. The quantitative estimate of drug-likeness (QED) is 0.0222. The monoisotopic (exact) mass is 1280 g/mol. The number of rotatable bonds is 69. The Bertz CT molecular complexity index is 1670. The third-order valence-corrected chi connectivity index (χ3v) is 17.8. The van der Waals surface area contributed by atoms with Gasteiger partial charge in [0.2, 0.25) is 0 Å². The molecule has 0 aromatic rings. The van der Waals surface area contributed by atoms with E-state index in [2.05, 4.69) is 27.7 Å². The van der Waals surface area contributed by atoms with Gasteiger partial charge in [-0.25, -0.2) is 9.13 Å². The molecule has 2 unspecified atom stereocenters. The topological polar surface area (TPSA) is 237 Å². The van der Waals surface area contributed by atoms with E-state index in [9.17, 15) is 43.2 Å². The van der Waals surface area contributed by atoms with Crippen molar-refractivity contribution in [1.82, 2.24) is 0 Å². The number of carbonyl (C=O) groups is 4. The summed E-state index contributed by atoms with van der Waals surface area (Å²) >= 11 is 0. The van der Waals surface area contributed by atoms with Gasteiger partial charge >= 0.3 is 39.5 Å². The number of hydrogen-bond acceptors (Lipinski definition) is 15. The number of carbonyl (C=O) groups excluding carboxylic acids is 4. The summed E-state index contributed by atoms with van der Waals surface area (Å²) in [5, 5.41) is 10.5. The molecule has 0 amide bonds. The highest BCUT2D eigenvalue weighted by Crippen LogP contribution is 2.45. The Kier molecular flexibility index (Phi) is 61.4. The second kappa shape index (κ2) is 62.8. The van der Waals surface area contributed by atoms with Crippen LogP contribution in [0.1, 0.15) is 355 Å². The van der Waals surface area contributed by atoms with Crippen molar-refractivity contribution >= 4 is 39.5 Å². The molecule has 0 fully saturated rings. The number of unbranched alkanes of at least 4 members (excludes halogenated alkanes) is 43. The highest BCUT2D eigenvalue weighted by molar-refractivity contribution is 7.47. The molecule has 0 aliphatic carbocycles. The Labute approximate surface area is 530 Å². The van der Waals surface area contributed by atoms with Crippen molar-refractivity contribution in [3.8, 4) is 0 Å². The van der Waals surface area contributed by atoms with Gasteiger partial charge in [0.15, 0.2) is 12.2 Å². The van der Waals surface area contributed by atoms with Crippen LogP contribution in [0.25, 0.3) is 0 Å². The summed E-state index contributed by atoms with van der Waals surface area (Å²) < 4.78 is 67.9. The van der Waals surface area contributed by atoms with Crippen LogP contribution in [0, 0.1) is 0 Å². The van der Waals surface area contributed by atoms with Crippen LogP contribution in [-0.2, 0) is 65.4 Å². The standard InChI is InChI=1S/C68H132O17P2/c1-5-9-13-17-20-23-26-27-28-29-30-31-32-33-34-35-36-37-40-43-47-51-55-68(73)85-64(59-79-66(71)53-49-45-41-38-24-21-18-14-10-6-2)61-83-87(76,77)81-57-62(69)56-80-86(74,75)82-60-63(58-78-65(70)52-48-44-16-12-8-4)84-67(72)54-50-46-42-39-25-22-19-15-11-7-3/h62-64,69H,5-61H2,1-4H3,(H,74,75)(H,76,77)/t62-,63+,64+/m0/s1. The number of esters is 4. The zero-order chi connectivity index (χ0) is 64.0. The van der Waals surface area contributed by atoms with Gasteiger partial charge in [-0.15, -0.1) is 0 Å². The summed E-state index contributed by atoms with van der Waals surface area (Å²) in [6.07, 6.45) is 50.5. The van der Waals surface area contributed by atoms with Gasteiger partial charge in [-0.1, -0.05) is 304 Å². The van der Waals surface area contributed by atoms with Crippen LogP contribution in [0.15, 0.2) is 0 Å². The molecule has 19 heteroatoms. The maximum Gasteiger partial charge on any atom is 0.472 e. The molecule has 3 N–H and O–H groups in total. The Balaban J connectivity index is 5.04. The minimum absolute atomic E-state index is 0.106. The van der Waals surface area contributed by atoms with Crippen LogP contribution >= 0.6 is 15.6 Å². The van der Waals surface area contributed by atoms with Crippen molar-refractivity contribution in [3.05, 3.63) is 0 Å². The van der Waals surface area contributed by atoms with E-state index >= 15 is 0 Å². The van der Waals surface area contributed by atoms with Gasteiger partial charge < -0.3 is 33.8 Å². The Morgan fingerprint density at radius 1 is 0.276 bits per heavy atom. The highest BCUT2D eigenvalue weighted by Gasteiger charge is 2.30. The molecule has 0 rings (SSSR count). The molecule has 87 heavy (non-hydrogen) atoms. The number of hydrogen-bond donors (Lipinski definition) is 3. The van der Waals surface area contributed by atoms with Crippen LogP contribution in [0.5, 0.6) is 0 Å². The van der Waals surface area contributed by atoms with Gasteiger partial charge in [0.05, 0.1) is 26.4 Å². The second-order valence-electron chi connectivity index (χ2n) is 24.6. The molecule has 17 nitrogen and oxygen atoms in total. The second-order valence-corrected chi connectivity index (χ2v) is 27.5. The summed E-state index contributed by atoms with van der Waals surface area (Å²) in [6.45, 7) is 4.81. The van der Waals surface area contributed by atoms with Gasteiger partial charge in [0.25, 0.3) is 0 Å². The summed E-state index contributed by atoms with van der Waals surface area (Å²) in [6, 6.07) is 0. The van der Waals surface area contributed by atoms with Crippen molar-refractivity contribution in [2.24, 2.45) is 0 Å². The van der Waals surface area contributed by atoms with Crippen molar-refractivity contribution in [1.29, 1.82) is 0 Å². The van der Waals surface area contributed by atoms with E-state index in [1.807, 2.05) is 0 Å². The Morgan fingerprint density at radius 2 is 0.460 bits per heavy atom. The molecule has 0 aliphatic heterocycles. The molecular formula is C68H132O17P2. The fraction of sp³-hybridized carbons (Fsp3) is 0.941. The predicted octanol–water partition coefficient (Wildman–Crippen LogP) is 19.5. The van der Waals surface area contributed by atoms with Gasteiger partial charge in [-0.3, -0.25) is 37.3 Å². The lowest BCUT2D eigenvalue weighted by Crippen LogP contribution is -2.30. The number of phosphoric ester groups is 2. The van der Waals surface area contributed by atoms with Crippen molar-refractivity contribution in [3.63, 3.8) is 0 Å². The molecule has 0 aromatic carbocycles. The largest absolute Gasteiger partial charge is 0.472 e. The number of ether oxygens (including phenoxy) is 4. The molecule has 0 spiro atoms. The lowest BCUT2D eigenvalue weighted by molar-refractivity contribution is -0.161. The van der Waals surface area contributed by atoms with E-state index in [4.69, 9.17) is 37.0 Å². The van der Waals surface area contributed by atoms with Crippen LogP contribution in [-0.4, -0.2) is 96.7 Å². The van der Waals surface area contributed by atoms with Crippen LogP contribution in [0.2, 0.25) is 0 Å². The SMILES string of the molecule is CCCCCCCCCCCCCCCCCCCCCCCCC(=O)O[C@H](COC(=O)CCCCCCCCCCCC)COP(=O)(O)OC[C@@H](O)COP(=O)(O)OC[C@@H](COC(=O)CCCCCCC)OC(=O)CCCCCCCCCCCC. The van der Waals surface area contributed by atoms with Crippen molar-refractivity contribution in [2.45, 2.75) is 373 Å². The fourth-order valence-electron chi connectivity index (χ4n) is 10.3. The van der Waals surface area contributed by atoms with E-state index in [0.29, 0.717) is 25.7 Å². The molecule has 0 heterocycles. The first-order valence-electron chi connectivity index (χ1n) is 35.8. The summed E-state index contributed by atoms with van der Waals surface area (Å²) in [4.78, 5) is 72.0. The maximum absolute atomic E-state index is 13.0. The van der Waals surface area contributed by atoms with E-state index in [-0.39, 0.29) is 25.7 Å². The molecule has 0 radical (unpaired) electrons. The average molecular weight is 1280 g/mol. The van der Waals surface area contributed by atoms with E-state index in [1.54, 1.807) is 0 Å². The highest BCUT2D eigenvalue weighted by atomic mass is 31.2. The fourth-order valence-corrected chi connectivity index (χ4v) is 11.9. The zero-order valence-electron chi connectivity index (χ0n) is 56.0. The van der Waals surface area contributed by atoms with Gasteiger partial charge in [0, 0.05) is 25.7 Å². The van der Waals surface area contributed by atoms with Crippen LogP contribution in [0.3, 0.4) is 0 Å². The van der Waals surface area contributed by atoms with Crippen LogP contribution < -0.4 is 0 Å². The molecule has 0 aromatic heterocycles. The maximum atomic E-state index is 13.0. The predicted molar refractivity (Wildman–Crippen MR) is 349 cm³/mol. The molecule has 0 saturated heterocycles. The Morgan fingerprint density at radius 3 is 0.678 bits per heavy atom. The molecule has 0 aliphatic rings. The minimum Gasteiger partial charge on any atom is -0.462 e. The summed E-state index contributed by atoms with van der Waals surface area (Å²) in [5.74, 6) is -2.14. The molecular weight excluding hydrogens is 1150 g/mol. The molecule has 516 valence electrons. The average Bonchev–Trinajstić information content (AvgIpc) is 3.58. The van der Waals surface area contributed by atoms with E-state index < -0.39 is 97.5 Å². The van der Waals surface area contributed by atoms with Gasteiger partial charge in [-0.05, 0) is 25.7 Å². The molecule has 5 atom stereocenters. The number of aliphatic hydroxyl groups is 1. The summed E-state index contributed by atoms with van der Waals surface area (Å²) in [7, 11) is -9.88. The van der Waals surface area contributed by atoms with E-state index in [1.165, 1.54) is 180 Å². The third kappa shape index (κ3) is 62.6. The normalized spacial score (nSPS) is 14.1. The van der Waals surface area contributed by atoms with E-state index in [0.717, 1.165) is 96.3 Å². The van der Waals surface area contributed by atoms with Crippen molar-refractivity contribution in [2.75, 3.05) is 39.6 Å². The molecule has 0 saturated carbocycles. The lowest BCUT2D eigenvalue weighted by atomic mass is 10.0. The lowest BCUT2D eigenvalue weighted by Gasteiger charge is -2.21. The van der Waals surface area contributed by atoms with Crippen molar-refractivity contribution < 1.29 is 80.2 Å². The molecule has 0 bridgehead atoms. The first kappa shape index (κ1) is 85.1.